The maximum Gasteiger partial charge on any atom is 0.251 e. The Hall–Kier alpha value is -2.07. The molecule has 1 aromatic carbocycles. The van der Waals surface area contributed by atoms with Crippen LogP contribution in [0.15, 0.2) is 42.6 Å². The highest BCUT2D eigenvalue weighted by Gasteiger charge is 2.03. The van der Waals surface area contributed by atoms with Gasteiger partial charge in [0.2, 0.25) is 0 Å². The van der Waals surface area contributed by atoms with Crippen molar-refractivity contribution in [2.75, 3.05) is 13.1 Å². The zero-order valence-electron chi connectivity index (χ0n) is 12.7. The van der Waals surface area contributed by atoms with Crippen molar-refractivity contribution in [2.24, 2.45) is 0 Å². The second-order valence-corrected chi connectivity index (χ2v) is 5.08. The molecule has 0 fully saturated rings. The first-order valence-electron chi connectivity index (χ1n) is 7.40. The first-order valence-corrected chi connectivity index (χ1v) is 7.40. The Morgan fingerprint density at radius 1 is 1.14 bits per heavy atom. The minimum Gasteiger partial charge on any atom is -0.351 e. The molecular weight excluding hydrogens is 262 g/mol. The molecule has 0 aliphatic heterocycles. The highest BCUT2D eigenvalue weighted by molar-refractivity contribution is 5.94. The van der Waals surface area contributed by atoms with E-state index >= 15 is 0 Å². The van der Waals surface area contributed by atoms with Crippen molar-refractivity contribution in [1.82, 2.24) is 15.2 Å². The SMILES string of the molecule is CCn1cccc1CNCCNC(=O)c1ccc(C)cc1. The van der Waals surface area contributed by atoms with Crippen LogP contribution in [0.25, 0.3) is 0 Å². The highest BCUT2D eigenvalue weighted by Crippen LogP contribution is 2.03. The Morgan fingerprint density at radius 3 is 2.62 bits per heavy atom. The van der Waals surface area contributed by atoms with Crippen LogP contribution in [-0.2, 0) is 13.1 Å². The molecule has 2 aromatic rings. The summed E-state index contributed by atoms with van der Waals surface area (Å²) >= 11 is 0. The number of benzene rings is 1. The maximum atomic E-state index is 11.9. The molecule has 4 nitrogen and oxygen atoms in total. The summed E-state index contributed by atoms with van der Waals surface area (Å²) in [4.78, 5) is 11.9. The van der Waals surface area contributed by atoms with Gasteiger partial charge in [0.1, 0.15) is 0 Å². The van der Waals surface area contributed by atoms with E-state index < -0.39 is 0 Å². The van der Waals surface area contributed by atoms with E-state index in [0.29, 0.717) is 12.1 Å². The van der Waals surface area contributed by atoms with Crippen molar-refractivity contribution in [3.63, 3.8) is 0 Å². The second-order valence-electron chi connectivity index (χ2n) is 5.08. The molecule has 1 amide bonds. The lowest BCUT2D eigenvalue weighted by atomic mass is 10.1. The number of carbonyl (C=O) groups is 1. The molecule has 0 saturated carbocycles. The Bertz CT molecular complexity index is 572. The Kier molecular flexibility index (Phi) is 5.58. The smallest absolute Gasteiger partial charge is 0.251 e. The Labute approximate surface area is 126 Å². The third kappa shape index (κ3) is 4.46. The summed E-state index contributed by atoms with van der Waals surface area (Å²) in [6.45, 7) is 7.32. The summed E-state index contributed by atoms with van der Waals surface area (Å²) in [6, 6.07) is 11.8. The van der Waals surface area contributed by atoms with Crippen LogP contribution in [0.4, 0.5) is 0 Å². The van der Waals surface area contributed by atoms with Gasteiger partial charge in [-0.15, -0.1) is 0 Å². The van der Waals surface area contributed by atoms with E-state index in [9.17, 15) is 4.79 Å². The predicted molar refractivity (Wildman–Crippen MR) is 85.3 cm³/mol. The number of aromatic nitrogens is 1. The number of hydrogen-bond donors (Lipinski definition) is 2. The van der Waals surface area contributed by atoms with Crippen LogP contribution < -0.4 is 10.6 Å². The van der Waals surface area contributed by atoms with E-state index in [0.717, 1.165) is 25.2 Å². The summed E-state index contributed by atoms with van der Waals surface area (Å²) in [7, 11) is 0. The number of aryl methyl sites for hydroxylation is 2. The summed E-state index contributed by atoms with van der Waals surface area (Å²) in [5.74, 6) is -0.0197. The van der Waals surface area contributed by atoms with Crippen LogP contribution >= 0.6 is 0 Å². The van der Waals surface area contributed by atoms with Crippen LogP contribution in [0.3, 0.4) is 0 Å². The third-order valence-corrected chi connectivity index (χ3v) is 3.47. The topological polar surface area (TPSA) is 46.1 Å². The number of hydrogen-bond acceptors (Lipinski definition) is 2. The van der Waals surface area contributed by atoms with E-state index in [-0.39, 0.29) is 5.91 Å². The standard InChI is InChI=1S/C17H23N3O/c1-3-20-12-4-5-16(20)13-18-10-11-19-17(21)15-8-6-14(2)7-9-15/h4-9,12,18H,3,10-11,13H2,1-2H3,(H,19,21). The van der Waals surface area contributed by atoms with Crippen LogP contribution in [0.2, 0.25) is 0 Å². The van der Waals surface area contributed by atoms with Crippen LogP contribution in [0.1, 0.15) is 28.5 Å². The fourth-order valence-corrected chi connectivity index (χ4v) is 2.21. The number of nitrogens with zero attached hydrogens (tertiary/aromatic N) is 1. The quantitative estimate of drug-likeness (QED) is 0.767. The monoisotopic (exact) mass is 285 g/mol. The van der Waals surface area contributed by atoms with Crippen molar-refractivity contribution in [2.45, 2.75) is 26.9 Å². The molecule has 0 aliphatic rings. The van der Waals surface area contributed by atoms with Crippen molar-refractivity contribution in [1.29, 1.82) is 0 Å². The molecule has 0 spiro atoms. The average molecular weight is 285 g/mol. The zero-order chi connectivity index (χ0) is 15.1. The molecule has 0 atom stereocenters. The lowest BCUT2D eigenvalue weighted by molar-refractivity contribution is 0.0954. The molecule has 4 heteroatoms. The first kappa shape index (κ1) is 15.3. The van der Waals surface area contributed by atoms with Crippen LogP contribution in [0, 0.1) is 6.92 Å². The fraction of sp³-hybridized carbons (Fsp3) is 0.353. The Balaban J connectivity index is 1.68. The molecule has 112 valence electrons. The van der Waals surface area contributed by atoms with Gasteiger partial charge in [0, 0.05) is 43.6 Å². The molecule has 0 bridgehead atoms. The van der Waals surface area contributed by atoms with Crippen LogP contribution in [-0.4, -0.2) is 23.6 Å². The summed E-state index contributed by atoms with van der Waals surface area (Å²) < 4.78 is 2.21. The summed E-state index contributed by atoms with van der Waals surface area (Å²) in [6.07, 6.45) is 2.08. The van der Waals surface area contributed by atoms with Crippen molar-refractivity contribution in [3.8, 4) is 0 Å². The molecule has 2 rings (SSSR count). The largest absolute Gasteiger partial charge is 0.351 e. The van der Waals surface area contributed by atoms with Gasteiger partial charge in [0.05, 0.1) is 0 Å². The average Bonchev–Trinajstić information content (AvgIpc) is 2.95. The van der Waals surface area contributed by atoms with Gasteiger partial charge in [0.25, 0.3) is 5.91 Å². The molecule has 1 heterocycles. The third-order valence-electron chi connectivity index (χ3n) is 3.47. The molecule has 0 radical (unpaired) electrons. The van der Waals surface area contributed by atoms with Crippen molar-refractivity contribution < 1.29 is 4.79 Å². The molecule has 2 N–H and O–H groups in total. The van der Waals surface area contributed by atoms with Crippen LogP contribution in [0.5, 0.6) is 0 Å². The van der Waals surface area contributed by atoms with Gasteiger partial charge in [-0.25, -0.2) is 0 Å². The number of carbonyl (C=O) groups excluding carboxylic acids is 1. The lowest BCUT2D eigenvalue weighted by Crippen LogP contribution is -2.31. The summed E-state index contributed by atoms with van der Waals surface area (Å²) in [5, 5.41) is 6.26. The number of rotatable bonds is 7. The number of nitrogens with one attached hydrogen (secondary N) is 2. The number of amides is 1. The molecule has 1 aromatic heterocycles. The predicted octanol–water partition coefficient (Wildman–Crippen LogP) is 2.34. The van der Waals surface area contributed by atoms with E-state index in [4.69, 9.17) is 0 Å². The fourth-order valence-electron chi connectivity index (χ4n) is 2.21. The van der Waals surface area contributed by atoms with Crippen molar-refractivity contribution in [3.05, 3.63) is 59.4 Å². The van der Waals surface area contributed by atoms with E-state index in [1.54, 1.807) is 0 Å². The van der Waals surface area contributed by atoms with Gasteiger partial charge < -0.3 is 15.2 Å². The zero-order valence-corrected chi connectivity index (χ0v) is 12.7. The van der Waals surface area contributed by atoms with Gasteiger partial charge in [0.15, 0.2) is 0 Å². The van der Waals surface area contributed by atoms with E-state index in [1.807, 2.05) is 31.2 Å². The molecule has 0 unspecified atom stereocenters. The maximum absolute atomic E-state index is 11.9. The highest BCUT2D eigenvalue weighted by atomic mass is 16.1. The minimum absolute atomic E-state index is 0.0197. The lowest BCUT2D eigenvalue weighted by Gasteiger charge is -2.09. The van der Waals surface area contributed by atoms with E-state index in [1.165, 1.54) is 5.69 Å². The normalized spacial score (nSPS) is 10.6. The van der Waals surface area contributed by atoms with Gasteiger partial charge in [-0.3, -0.25) is 4.79 Å². The Morgan fingerprint density at radius 2 is 1.90 bits per heavy atom. The van der Waals surface area contributed by atoms with Gasteiger partial charge in [-0.2, -0.15) is 0 Å². The van der Waals surface area contributed by atoms with Gasteiger partial charge >= 0.3 is 0 Å². The summed E-state index contributed by atoms with van der Waals surface area (Å²) in [5.41, 5.74) is 3.13. The second kappa shape index (κ2) is 7.64. The molecule has 0 aliphatic carbocycles. The minimum atomic E-state index is -0.0197. The van der Waals surface area contributed by atoms with Crippen molar-refractivity contribution >= 4 is 5.91 Å². The molecule has 21 heavy (non-hydrogen) atoms. The van der Waals surface area contributed by atoms with Gasteiger partial charge in [-0.05, 0) is 38.1 Å². The molecule has 0 saturated heterocycles. The van der Waals surface area contributed by atoms with E-state index in [2.05, 4.69) is 40.5 Å². The molecular formula is C17H23N3O. The van der Waals surface area contributed by atoms with Gasteiger partial charge in [-0.1, -0.05) is 17.7 Å². The first-order chi connectivity index (χ1) is 10.2.